The molecule has 3 aromatic rings. The Kier molecular flexibility index (Phi) is 8.82. The minimum Gasteiger partial charge on any atom is -0.349 e. The number of amides is 1. The van der Waals surface area contributed by atoms with Crippen molar-refractivity contribution >= 4 is 15.9 Å². The van der Waals surface area contributed by atoms with Crippen molar-refractivity contribution in [3.63, 3.8) is 0 Å². The summed E-state index contributed by atoms with van der Waals surface area (Å²) in [4.78, 5) is 12.8. The minimum absolute atomic E-state index is 0.198. The number of nitrogens with one attached hydrogen (secondary N) is 3. The van der Waals surface area contributed by atoms with Crippen LogP contribution in [0.25, 0.3) is 0 Å². The van der Waals surface area contributed by atoms with E-state index in [9.17, 15) is 26.4 Å². The maximum Gasteiger partial charge on any atom is 0.416 e. The average Bonchev–Trinajstić information content (AvgIpc) is 3.77. The predicted octanol–water partition coefficient (Wildman–Crippen LogP) is 5.81. The number of hydrogen-bond acceptors (Lipinski definition) is 4. The molecule has 0 heterocycles. The smallest absolute Gasteiger partial charge is 0.349 e. The molecule has 1 fully saturated rings. The zero-order valence-corrected chi connectivity index (χ0v) is 23.4. The van der Waals surface area contributed by atoms with Crippen LogP contribution in [0.2, 0.25) is 0 Å². The van der Waals surface area contributed by atoms with Gasteiger partial charge in [0.1, 0.15) is 0 Å². The van der Waals surface area contributed by atoms with Gasteiger partial charge < -0.3 is 10.6 Å². The summed E-state index contributed by atoms with van der Waals surface area (Å²) in [6.07, 6.45) is 0.325. The van der Waals surface area contributed by atoms with Gasteiger partial charge in [-0.1, -0.05) is 54.6 Å². The molecule has 0 radical (unpaired) electrons. The van der Waals surface area contributed by atoms with Gasteiger partial charge in [-0.25, -0.2) is 13.1 Å². The summed E-state index contributed by atoms with van der Waals surface area (Å²) >= 11 is 0. The first kappa shape index (κ1) is 29.3. The average molecular weight is 586 g/mol. The highest BCUT2D eigenvalue weighted by Crippen LogP contribution is 2.33. The Morgan fingerprint density at radius 2 is 1.73 bits per heavy atom. The number of aryl methyl sites for hydroxylation is 1. The van der Waals surface area contributed by atoms with E-state index in [0.717, 1.165) is 62.0 Å². The van der Waals surface area contributed by atoms with E-state index < -0.39 is 32.7 Å². The van der Waals surface area contributed by atoms with Crippen molar-refractivity contribution in [3.05, 3.63) is 101 Å². The van der Waals surface area contributed by atoms with E-state index in [1.165, 1.54) is 24.0 Å². The van der Waals surface area contributed by atoms with E-state index in [1.807, 2.05) is 0 Å². The third kappa shape index (κ3) is 7.75. The Morgan fingerprint density at radius 1 is 0.951 bits per heavy atom. The van der Waals surface area contributed by atoms with Crippen molar-refractivity contribution in [2.75, 3.05) is 6.54 Å². The molecule has 0 bridgehead atoms. The summed E-state index contributed by atoms with van der Waals surface area (Å²) in [7, 11) is -4.37. The lowest BCUT2D eigenvalue weighted by atomic mass is 9.86. The fraction of sp³-hybridized carbons (Fsp3) is 0.387. The minimum atomic E-state index is -4.69. The largest absolute Gasteiger partial charge is 0.416 e. The molecule has 0 saturated heterocycles. The lowest BCUT2D eigenvalue weighted by Crippen LogP contribution is -2.36. The van der Waals surface area contributed by atoms with Gasteiger partial charge in [0.25, 0.3) is 0 Å². The molecule has 0 aromatic heterocycles. The molecule has 5 rings (SSSR count). The van der Waals surface area contributed by atoms with Crippen LogP contribution in [0.15, 0.2) is 77.7 Å². The number of sulfonamides is 1. The van der Waals surface area contributed by atoms with Crippen LogP contribution in [0.4, 0.5) is 13.2 Å². The van der Waals surface area contributed by atoms with Crippen LogP contribution in [0.5, 0.6) is 0 Å². The van der Waals surface area contributed by atoms with Crippen LogP contribution in [0, 0.1) is 5.92 Å². The summed E-state index contributed by atoms with van der Waals surface area (Å²) in [6.45, 7) is 1.85. The number of rotatable bonds is 11. The van der Waals surface area contributed by atoms with Crippen molar-refractivity contribution in [1.82, 2.24) is 15.4 Å². The van der Waals surface area contributed by atoms with Crippen molar-refractivity contribution in [2.24, 2.45) is 5.92 Å². The maximum absolute atomic E-state index is 13.3. The van der Waals surface area contributed by atoms with E-state index in [2.05, 4.69) is 33.6 Å². The van der Waals surface area contributed by atoms with Gasteiger partial charge in [-0.2, -0.15) is 13.2 Å². The molecule has 1 amide bonds. The third-order valence-electron chi connectivity index (χ3n) is 7.68. The zero-order chi connectivity index (χ0) is 29.0. The fourth-order valence-corrected chi connectivity index (χ4v) is 6.59. The van der Waals surface area contributed by atoms with Crippen molar-refractivity contribution in [2.45, 2.75) is 68.2 Å². The highest BCUT2D eigenvalue weighted by molar-refractivity contribution is 7.89. The first-order valence-corrected chi connectivity index (χ1v) is 15.4. The Bertz CT molecular complexity index is 1470. The molecule has 3 N–H and O–H groups in total. The number of fused-ring (bicyclic) bond motifs is 1. The van der Waals surface area contributed by atoms with Crippen LogP contribution in [0.3, 0.4) is 0 Å². The standard InChI is InChI=1S/C31H34F3N3O3S/c32-31(33,34)25-9-5-10-26(17-25)41(39,40)37-29(23-6-2-1-3-7-23)18-30(38)36-28-11-4-8-24-16-22(14-15-27(24)28)20-35-19-21-12-13-21/h1-3,5-7,9-10,14-17,21,28-29,35,37H,4,8,11-13,18-20H2,(H,36,38)/t28-,29-/m1/s1. The highest BCUT2D eigenvalue weighted by Gasteiger charge is 2.33. The van der Waals surface area contributed by atoms with E-state index >= 15 is 0 Å². The van der Waals surface area contributed by atoms with Gasteiger partial charge in [0.05, 0.1) is 22.5 Å². The molecule has 6 nitrogen and oxygen atoms in total. The number of hydrogen-bond donors (Lipinski definition) is 3. The quantitative estimate of drug-likeness (QED) is 0.265. The number of halogens is 3. The summed E-state index contributed by atoms with van der Waals surface area (Å²) in [5.74, 6) is 0.458. The molecule has 0 spiro atoms. The molecule has 0 aliphatic heterocycles. The third-order valence-corrected chi connectivity index (χ3v) is 9.15. The van der Waals surface area contributed by atoms with Gasteiger partial charge in [0, 0.05) is 13.0 Å². The van der Waals surface area contributed by atoms with Crippen LogP contribution in [-0.2, 0) is 34.0 Å². The molecule has 3 aromatic carbocycles. The van der Waals surface area contributed by atoms with Crippen molar-refractivity contribution < 1.29 is 26.4 Å². The highest BCUT2D eigenvalue weighted by atomic mass is 32.2. The SMILES string of the molecule is O=C(C[C@@H](NS(=O)(=O)c1cccc(C(F)(F)F)c1)c1ccccc1)N[C@@H]1CCCc2cc(CNCC3CC3)ccc21. The maximum atomic E-state index is 13.3. The fourth-order valence-electron chi connectivity index (χ4n) is 5.32. The van der Waals surface area contributed by atoms with Gasteiger partial charge >= 0.3 is 6.18 Å². The monoisotopic (exact) mass is 585 g/mol. The van der Waals surface area contributed by atoms with Gasteiger partial charge in [-0.15, -0.1) is 0 Å². The summed E-state index contributed by atoms with van der Waals surface area (Å²) in [6, 6.07) is 17.3. The Balaban J connectivity index is 1.29. The second kappa shape index (κ2) is 12.3. The first-order valence-electron chi connectivity index (χ1n) is 13.9. The molecular weight excluding hydrogens is 551 g/mol. The van der Waals surface area contributed by atoms with Crippen LogP contribution in [-0.4, -0.2) is 20.9 Å². The van der Waals surface area contributed by atoms with E-state index in [-0.39, 0.29) is 18.4 Å². The summed E-state index contributed by atoms with van der Waals surface area (Å²) in [5.41, 5.74) is 2.95. The first-order chi connectivity index (χ1) is 19.6. The molecule has 218 valence electrons. The molecule has 2 atom stereocenters. The Morgan fingerprint density at radius 3 is 2.46 bits per heavy atom. The molecule has 0 unspecified atom stereocenters. The van der Waals surface area contributed by atoms with Crippen LogP contribution >= 0.6 is 0 Å². The lowest BCUT2D eigenvalue weighted by Gasteiger charge is -2.28. The van der Waals surface area contributed by atoms with E-state index in [1.54, 1.807) is 30.3 Å². The van der Waals surface area contributed by atoms with E-state index in [4.69, 9.17) is 0 Å². The second-order valence-electron chi connectivity index (χ2n) is 10.9. The van der Waals surface area contributed by atoms with Crippen LogP contribution < -0.4 is 15.4 Å². The number of benzene rings is 3. The second-order valence-corrected chi connectivity index (χ2v) is 12.6. The number of carbonyl (C=O) groups is 1. The molecule has 10 heteroatoms. The molecule has 1 saturated carbocycles. The van der Waals surface area contributed by atoms with Gasteiger partial charge in [0.15, 0.2) is 0 Å². The Hall–Kier alpha value is -3.21. The van der Waals surface area contributed by atoms with Crippen molar-refractivity contribution in [1.29, 1.82) is 0 Å². The predicted molar refractivity (Wildman–Crippen MR) is 150 cm³/mol. The Labute approximate surface area is 238 Å². The molecular formula is C31H34F3N3O3S. The van der Waals surface area contributed by atoms with Gasteiger partial charge in [-0.3, -0.25) is 4.79 Å². The molecule has 41 heavy (non-hydrogen) atoms. The van der Waals surface area contributed by atoms with Crippen molar-refractivity contribution in [3.8, 4) is 0 Å². The topological polar surface area (TPSA) is 87.3 Å². The molecule has 2 aliphatic rings. The molecule has 2 aliphatic carbocycles. The van der Waals surface area contributed by atoms with Gasteiger partial charge in [0.2, 0.25) is 15.9 Å². The summed E-state index contributed by atoms with van der Waals surface area (Å²) in [5, 5.41) is 6.59. The zero-order valence-electron chi connectivity index (χ0n) is 22.6. The van der Waals surface area contributed by atoms with Crippen LogP contribution in [0.1, 0.15) is 72.0 Å². The van der Waals surface area contributed by atoms with E-state index in [0.29, 0.717) is 11.6 Å². The normalized spacial score (nSPS) is 18.0. The number of carbonyl (C=O) groups excluding carboxylic acids is 1. The number of alkyl halides is 3. The van der Waals surface area contributed by atoms with Gasteiger partial charge in [-0.05, 0) is 85.0 Å². The summed E-state index contributed by atoms with van der Waals surface area (Å²) < 4.78 is 68.5. The lowest BCUT2D eigenvalue weighted by molar-refractivity contribution is -0.137.